The maximum atomic E-state index is 11.6. The van der Waals surface area contributed by atoms with E-state index in [1.165, 1.54) is 0 Å². The first-order valence-electron chi connectivity index (χ1n) is 5.65. The number of nitrogen functional groups attached to an aromatic ring is 1. The molecule has 1 unspecified atom stereocenters. The van der Waals surface area contributed by atoms with E-state index in [1.54, 1.807) is 6.07 Å². The smallest absolute Gasteiger partial charge is 0.295 e. The molecule has 4 nitrogen and oxygen atoms in total. The number of rotatable bonds is 1. The molecule has 0 aliphatic carbocycles. The second-order valence-electron chi connectivity index (χ2n) is 4.18. The molecule has 0 spiro atoms. The molecule has 2 aromatic carbocycles. The molecule has 1 amide bonds. The Bertz CT molecular complexity index is 632. The first kappa shape index (κ1) is 10.7. The average Bonchev–Trinajstić information content (AvgIpc) is 2.41. The maximum Gasteiger partial charge on any atom is 0.295 e. The maximum absolute atomic E-state index is 11.6. The Morgan fingerprint density at radius 2 is 1.72 bits per heavy atom. The number of azo groups is 1. The van der Waals surface area contributed by atoms with Gasteiger partial charge in [0.2, 0.25) is 0 Å². The number of anilines is 1. The molecule has 3 rings (SSSR count). The summed E-state index contributed by atoms with van der Waals surface area (Å²) < 4.78 is 0. The fourth-order valence-corrected chi connectivity index (χ4v) is 2.08. The molecule has 0 aromatic heterocycles. The number of hydrogen-bond donors (Lipinski definition) is 1. The summed E-state index contributed by atoms with van der Waals surface area (Å²) in [5.41, 5.74) is 8.86. The van der Waals surface area contributed by atoms with Gasteiger partial charge in [-0.05, 0) is 29.3 Å². The first-order chi connectivity index (χ1) is 8.75. The van der Waals surface area contributed by atoms with E-state index >= 15 is 0 Å². The van der Waals surface area contributed by atoms with Crippen LogP contribution in [0.4, 0.5) is 5.69 Å². The molecule has 0 saturated heterocycles. The summed E-state index contributed by atoms with van der Waals surface area (Å²) in [6.45, 7) is 0. The fraction of sp³-hybridized carbons (Fsp3) is 0.0714. The predicted octanol–water partition coefficient (Wildman–Crippen LogP) is 2.96. The number of fused-ring (bicyclic) bond motifs is 1. The van der Waals surface area contributed by atoms with E-state index in [0.717, 1.165) is 11.1 Å². The van der Waals surface area contributed by atoms with Crippen molar-refractivity contribution in [3.8, 4) is 0 Å². The Labute approximate surface area is 104 Å². The van der Waals surface area contributed by atoms with E-state index in [2.05, 4.69) is 10.2 Å². The zero-order chi connectivity index (χ0) is 12.5. The van der Waals surface area contributed by atoms with Gasteiger partial charge in [0.15, 0.2) is 0 Å². The van der Waals surface area contributed by atoms with Crippen LogP contribution in [-0.4, -0.2) is 5.91 Å². The third-order valence-electron chi connectivity index (χ3n) is 3.00. The number of benzene rings is 2. The average molecular weight is 237 g/mol. The van der Waals surface area contributed by atoms with Crippen LogP contribution >= 0.6 is 0 Å². The minimum absolute atomic E-state index is 0.223. The van der Waals surface area contributed by atoms with Crippen LogP contribution in [0.15, 0.2) is 58.8 Å². The highest BCUT2D eigenvalue weighted by molar-refractivity contribution is 5.97. The van der Waals surface area contributed by atoms with Gasteiger partial charge < -0.3 is 5.73 Å². The molecular weight excluding hydrogens is 226 g/mol. The molecule has 1 aliphatic rings. The van der Waals surface area contributed by atoms with Crippen molar-refractivity contribution in [2.24, 2.45) is 10.2 Å². The van der Waals surface area contributed by atoms with E-state index in [4.69, 9.17) is 5.73 Å². The monoisotopic (exact) mass is 237 g/mol. The first-order valence-corrected chi connectivity index (χ1v) is 5.65. The Morgan fingerprint density at radius 1 is 1.00 bits per heavy atom. The number of amides is 1. The van der Waals surface area contributed by atoms with Gasteiger partial charge in [0.25, 0.3) is 5.91 Å². The molecule has 1 heterocycles. The Morgan fingerprint density at radius 3 is 2.50 bits per heavy atom. The van der Waals surface area contributed by atoms with Crippen molar-refractivity contribution < 1.29 is 4.79 Å². The number of nitrogens with two attached hydrogens (primary N) is 1. The highest BCUT2D eigenvalue weighted by Crippen LogP contribution is 2.32. The third kappa shape index (κ3) is 1.68. The van der Waals surface area contributed by atoms with Crippen molar-refractivity contribution in [3.05, 3.63) is 65.2 Å². The van der Waals surface area contributed by atoms with Crippen molar-refractivity contribution in [1.29, 1.82) is 0 Å². The lowest BCUT2D eigenvalue weighted by Crippen LogP contribution is -2.10. The third-order valence-corrected chi connectivity index (χ3v) is 3.00. The summed E-state index contributed by atoms with van der Waals surface area (Å²) in [4.78, 5) is 11.6. The number of hydrogen-bond acceptors (Lipinski definition) is 3. The van der Waals surface area contributed by atoms with Gasteiger partial charge in [-0.3, -0.25) is 4.79 Å². The van der Waals surface area contributed by atoms with E-state index in [9.17, 15) is 4.79 Å². The molecule has 0 radical (unpaired) electrons. The van der Waals surface area contributed by atoms with Crippen LogP contribution < -0.4 is 5.73 Å². The second kappa shape index (κ2) is 4.07. The van der Waals surface area contributed by atoms with Crippen LogP contribution in [0.2, 0.25) is 0 Å². The minimum atomic E-state index is -0.280. The highest BCUT2D eigenvalue weighted by Gasteiger charge is 2.24. The largest absolute Gasteiger partial charge is 0.399 e. The molecule has 1 aliphatic heterocycles. The number of carbonyl (C=O) groups is 1. The SMILES string of the molecule is Nc1ccc(C2N=NC(=O)c3ccccc32)cc1. The number of nitrogens with zero attached hydrogens (tertiary/aromatic N) is 2. The van der Waals surface area contributed by atoms with Gasteiger partial charge in [-0.1, -0.05) is 30.3 Å². The van der Waals surface area contributed by atoms with Gasteiger partial charge in [0, 0.05) is 11.3 Å². The summed E-state index contributed by atoms with van der Waals surface area (Å²) in [5, 5.41) is 7.79. The van der Waals surface area contributed by atoms with Gasteiger partial charge in [-0.25, -0.2) is 0 Å². The molecule has 2 N–H and O–H groups in total. The van der Waals surface area contributed by atoms with Crippen molar-refractivity contribution in [3.63, 3.8) is 0 Å². The van der Waals surface area contributed by atoms with Crippen molar-refractivity contribution in [1.82, 2.24) is 0 Å². The summed E-state index contributed by atoms with van der Waals surface area (Å²) in [5.74, 6) is -0.280. The normalized spacial score (nSPS) is 17.6. The van der Waals surface area contributed by atoms with Crippen molar-refractivity contribution in [2.75, 3.05) is 5.73 Å². The van der Waals surface area contributed by atoms with Gasteiger partial charge in [-0.2, -0.15) is 5.11 Å². The zero-order valence-corrected chi connectivity index (χ0v) is 9.58. The van der Waals surface area contributed by atoms with Gasteiger partial charge in [0.1, 0.15) is 6.04 Å². The molecule has 0 bridgehead atoms. The molecule has 0 fully saturated rings. The van der Waals surface area contributed by atoms with Gasteiger partial charge >= 0.3 is 0 Å². The van der Waals surface area contributed by atoms with Crippen molar-refractivity contribution >= 4 is 11.6 Å². The Kier molecular flexibility index (Phi) is 2.41. The van der Waals surface area contributed by atoms with Crippen LogP contribution in [-0.2, 0) is 0 Å². The quantitative estimate of drug-likeness (QED) is 0.775. The van der Waals surface area contributed by atoms with Crippen LogP contribution in [0.25, 0.3) is 0 Å². The van der Waals surface area contributed by atoms with Crippen LogP contribution in [0.3, 0.4) is 0 Å². The van der Waals surface area contributed by atoms with Gasteiger partial charge in [-0.15, -0.1) is 5.11 Å². The molecule has 18 heavy (non-hydrogen) atoms. The van der Waals surface area contributed by atoms with Crippen LogP contribution in [0.5, 0.6) is 0 Å². The van der Waals surface area contributed by atoms with Crippen molar-refractivity contribution in [2.45, 2.75) is 6.04 Å². The topological polar surface area (TPSA) is 67.8 Å². The number of carbonyl (C=O) groups excluding carboxylic acids is 1. The van der Waals surface area contributed by atoms with Gasteiger partial charge in [0.05, 0.1) is 0 Å². The van der Waals surface area contributed by atoms with Crippen LogP contribution in [0.1, 0.15) is 27.5 Å². The van der Waals surface area contributed by atoms with E-state index in [-0.39, 0.29) is 11.9 Å². The lowest BCUT2D eigenvalue weighted by molar-refractivity contribution is 0.0986. The highest BCUT2D eigenvalue weighted by atomic mass is 16.1. The zero-order valence-electron chi connectivity index (χ0n) is 9.58. The lowest BCUT2D eigenvalue weighted by Gasteiger charge is -2.18. The molecular formula is C14H11N3O. The molecule has 0 saturated carbocycles. The second-order valence-corrected chi connectivity index (χ2v) is 4.18. The molecule has 88 valence electrons. The Hall–Kier alpha value is -2.49. The van der Waals surface area contributed by atoms with E-state index in [1.807, 2.05) is 42.5 Å². The van der Waals surface area contributed by atoms with E-state index in [0.29, 0.717) is 11.3 Å². The minimum Gasteiger partial charge on any atom is -0.399 e. The van der Waals surface area contributed by atoms with E-state index < -0.39 is 0 Å². The molecule has 2 aromatic rings. The standard InChI is InChI=1S/C14H11N3O/c15-10-7-5-9(6-8-10)13-11-3-1-2-4-12(11)14(18)17-16-13/h1-8,13H,15H2. The summed E-state index contributed by atoms with van der Waals surface area (Å²) in [6.07, 6.45) is 0. The Balaban J connectivity index is 2.11. The lowest BCUT2D eigenvalue weighted by atomic mass is 9.94. The van der Waals surface area contributed by atoms with Crippen LogP contribution in [0, 0.1) is 0 Å². The predicted molar refractivity (Wildman–Crippen MR) is 68.3 cm³/mol. The summed E-state index contributed by atoms with van der Waals surface area (Å²) in [7, 11) is 0. The fourth-order valence-electron chi connectivity index (χ4n) is 2.08. The molecule has 4 heteroatoms. The summed E-state index contributed by atoms with van der Waals surface area (Å²) >= 11 is 0. The molecule has 1 atom stereocenters. The summed E-state index contributed by atoms with van der Waals surface area (Å²) in [6, 6.07) is 14.7.